The molecule has 15 aromatic carbocycles. The van der Waals surface area contributed by atoms with Crippen molar-refractivity contribution in [1.82, 2.24) is 75.6 Å². The van der Waals surface area contributed by atoms with E-state index in [1.807, 2.05) is 333 Å². The van der Waals surface area contributed by atoms with Crippen LogP contribution < -0.4 is 21.3 Å². The minimum Gasteiger partial charge on any atom is -0.479 e. The molecule has 0 atom stereocenters. The van der Waals surface area contributed by atoms with Crippen LogP contribution in [0.15, 0.2) is 328 Å². The Hall–Kier alpha value is -19.6. The zero-order valence-electron chi connectivity index (χ0n) is 81.9. The fraction of sp³-hybridized carbons (Fsp3) is 0.0976. The lowest BCUT2D eigenvalue weighted by molar-refractivity contribution is 0.102. The van der Waals surface area contributed by atoms with Crippen molar-refractivity contribution in [3.05, 3.63) is 422 Å². The molecule has 21 aromatic rings. The summed E-state index contributed by atoms with van der Waals surface area (Å²) in [4.78, 5) is 95.1. The van der Waals surface area contributed by atoms with Gasteiger partial charge in [0.05, 0.1) is 28.2 Å². The molecule has 1 aliphatic heterocycles. The van der Waals surface area contributed by atoms with Gasteiger partial charge in [0.15, 0.2) is 34.8 Å². The first kappa shape index (κ1) is 93.0. The smallest absolute Gasteiger partial charge is 0.319 e. The molecule has 0 radical (unpaired) electrons. The molecule has 0 saturated carbocycles. The Balaban J connectivity index is 0.000000113. The topological polar surface area (TPSA) is 358 Å². The lowest BCUT2D eigenvalue weighted by atomic mass is 9.84. The summed E-state index contributed by atoms with van der Waals surface area (Å²) >= 11 is 0. The predicted octanol–water partition coefficient (Wildman–Crippen LogP) is 25.7. The average molecular weight is 1950 g/mol. The van der Waals surface area contributed by atoms with Gasteiger partial charge in [-0.15, -0.1) is 40.8 Å². The van der Waals surface area contributed by atoms with E-state index < -0.39 is 0 Å². The van der Waals surface area contributed by atoms with Crippen LogP contribution in [0.4, 0.5) is 46.0 Å². The number of benzene rings is 15. The number of piperidine rings is 1. The Bertz CT molecular complexity index is 9180. The summed E-state index contributed by atoms with van der Waals surface area (Å²) in [5.74, 6) is 0.835. The molecule has 26 rings (SSSR count). The Labute approximate surface area is 855 Å². The van der Waals surface area contributed by atoms with Crippen LogP contribution in [0.3, 0.4) is 0 Å². The predicted molar refractivity (Wildman–Crippen MR) is 582 cm³/mol. The van der Waals surface area contributed by atoms with Gasteiger partial charge in [0.2, 0.25) is 17.7 Å². The highest BCUT2D eigenvalue weighted by atomic mass is 16.3. The monoisotopic (exact) mass is 1950 g/mol. The largest absolute Gasteiger partial charge is 0.479 e. The average Bonchev–Trinajstić information content (AvgIpc) is 0.728. The third kappa shape index (κ3) is 17.6. The third-order valence-corrected chi connectivity index (χ3v) is 27.7. The van der Waals surface area contributed by atoms with Crippen LogP contribution in [0.5, 0.6) is 12.0 Å². The van der Waals surface area contributed by atoms with Crippen LogP contribution in [-0.4, -0.2) is 128 Å². The van der Waals surface area contributed by atoms with E-state index in [0.29, 0.717) is 107 Å². The maximum Gasteiger partial charge on any atom is 0.319 e. The number of aromatic hydroxyl groups is 2. The van der Waals surface area contributed by atoms with Gasteiger partial charge in [-0.2, -0.15) is 29.9 Å². The van der Waals surface area contributed by atoms with Crippen molar-refractivity contribution in [2.24, 2.45) is 0 Å². The number of hydrogen-bond acceptors (Lipinski definition) is 26. The molecular weight excluding hydrogens is 1860 g/mol. The molecule has 0 unspecified atom stereocenters. The van der Waals surface area contributed by atoms with Crippen LogP contribution in [0, 0.1) is 48.5 Å². The molecule has 0 spiro atoms. The highest BCUT2D eigenvalue weighted by molar-refractivity contribution is 6.31. The first-order chi connectivity index (χ1) is 72.6. The number of allylic oxidation sites excluding steroid dienone is 1. The summed E-state index contributed by atoms with van der Waals surface area (Å²) in [7, 11) is 0. The molecule has 0 amide bonds. The number of carbonyl (C=O) groups is 5. The highest BCUT2D eigenvalue weighted by Gasteiger charge is 2.36. The second kappa shape index (κ2) is 38.9. The summed E-state index contributed by atoms with van der Waals surface area (Å²) in [5.41, 5.74) is 29.7. The number of nitrogens with one attached hydrogen (secondary N) is 4. The number of carbonyl (C=O) groups excluding carboxylic acids is 5. The Morgan fingerprint density at radius 2 is 0.685 bits per heavy atom. The molecule has 149 heavy (non-hydrogen) atoms. The van der Waals surface area contributed by atoms with E-state index in [1.54, 1.807) is 24.3 Å². The Kier molecular flexibility index (Phi) is 24.3. The van der Waals surface area contributed by atoms with E-state index >= 15 is 0 Å². The number of aryl methyl sites for hydroxylation is 7. The summed E-state index contributed by atoms with van der Waals surface area (Å²) in [6, 6.07) is 102. The van der Waals surface area contributed by atoms with Gasteiger partial charge in [-0.3, -0.25) is 24.0 Å². The highest BCUT2D eigenvalue weighted by Crippen LogP contribution is 2.49. The molecule has 26 nitrogen and oxygen atoms in total. The first-order valence-electron chi connectivity index (χ1n) is 49.0. The fourth-order valence-corrected chi connectivity index (χ4v) is 20.2. The van der Waals surface area contributed by atoms with Crippen molar-refractivity contribution in [1.29, 1.82) is 0 Å². The van der Waals surface area contributed by atoms with Gasteiger partial charge in [0.1, 0.15) is 45.6 Å². The second-order valence-corrected chi connectivity index (χ2v) is 37.5. The minimum atomic E-state index is -0.379. The van der Waals surface area contributed by atoms with Gasteiger partial charge in [0, 0.05) is 163 Å². The molecule has 1 saturated heterocycles. The van der Waals surface area contributed by atoms with E-state index in [0.717, 1.165) is 182 Å². The maximum atomic E-state index is 14.2. The van der Waals surface area contributed by atoms with Crippen molar-refractivity contribution in [2.45, 2.75) is 67.7 Å². The lowest BCUT2D eigenvalue weighted by Crippen LogP contribution is -2.30. The van der Waals surface area contributed by atoms with Gasteiger partial charge in [-0.1, -0.05) is 260 Å². The van der Waals surface area contributed by atoms with Crippen molar-refractivity contribution in [2.75, 3.05) is 34.4 Å². The van der Waals surface area contributed by atoms with Gasteiger partial charge >= 0.3 is 12.0 Å². The summed E-state index contributed by atoms with van der Waals surface area (Å²) < 4.78 is 0. The van der Waals surface area contributed by atoms with Crippen LogP contribution in [0.2, 0.25) is 0 Å². The number of anilines is 8. The van der Waals surface area contributed by atoms with Crippen LogP contribution >= 0.6 is 0 Å². The van der Waals surface area contributed by atoms with Crippen LogP contribution in [0.1, 0.15) is 138 Å². The summed E-state index contributed by atoms with van der Waals surface area (Å²) in [6.45, 7) is 15.8. The number of hydrogen-bond donors (Lipinski definition) is 6. The van der Waals surface area contributed by atoms with Crippen molar-refractivity contribution in [3.8, 4) is 102 Å². The van der Waals surface area contributed by atoms with E-state index in [1.165, 1.54) is 12.0 Å². The molecule has 7 heterocycles. The molecule has 720 valence electrons. The molecule has 4 aliphatic carbocycles. The SMILES string of the molecule is Cc1ccc(-c2nnc3c4c(cccc24)C(=O)c2ccccc2-3)cc1.Cc1ccc(C)c(Nc2nc(O)nc(-c3ccc(Nc4ccc5c(-c6ccccc6)nnc6c5c4C(=O)c4ccccc4-6)c(C)c3)n2)c1.Cc1ccc(C)c(Nc2nc(O)nc(-c3ccc(Nc4cccc5c4C(=O)c4cccc6c(-c7ccccc7)nnc-5c46)c(C)c3)n2)c1.O=C(c1ccccc1)c1nnc2c3c(cccc13)C(=O)C=C2N1CCCCC1. The third-order valence-electron chi connectivity index (χ3n) is 27.7. The maximum absolute atomic E-state index is 14.2. The summed E-state index contributed by atoms with van der Waals surface area (Å²) in [6.07, 6.45) is 5.10. The van der Waals surface area contributed by atoms with Crippen molar-refractivity contribution in [3.63, 3.8) is 0 Å². The van der Waals surface area contributed by atoms with E-state index in [4.69, 9.17) is 0 Å². The molecule has 1 fully saturated rings. The fourth-order valence-electron chi connectivity index (χ4n) is 20.2. The Morgan fingerprint density at radius 1 is 0.282 bits per heavy atom. The molecule has 5 aliphatic rings. The number of fused-ring (bicyclic) bond motifs is 6. The minimum absolute atomic E-state index is 0.0372. The normalized spacial score (nSPS) is 12.7. The Morgan fingerprint density at radius 3 is 1.23 bits per heavy atom. The number of rotatable bonds is 16. The first-order valence-corrected chi connectivity index (χ1v) is 49.0. The van der Waals surface area contributed by atoms with Crippen LogP contribution in [-0.2, 0) is 0 Å². The number of nitrogens with zero attached hydrogens (tertiary/aromatic N) is 15. The lowest BCUT2D eigenvalue weighted by Gasteiger charge is -2.32. The van der Waals surface area contributed by atoms with Gasteiger partial charge in [-0.25, -0.2) is 0 Å². The van der Waals surface area contributed by atoms with Gasteiger partial charge in [0.25, 0.3) is 0 Å². The van der Waals surface area contributed by atoms with Crippen molar-refractivity contribution >= 4 is 124 Å². The van der Waals surface area contributed by atoms with Gasteiger partial charge < -0.3 is 36.4 Å². The molecule has 0 bridgehead atoms. The zero-order chi connectivity index (χ0) is 102. The van der Waals surface area contributed by atoms with Gasteiger partial charge in [-0.05, 0) is 168 Å². The summed E-state index contributed by atoms with van der Waals surface area (Å²) in [5, 5.41) is 77.2. The number of likely N-dealkylation sites (tertiary alicyclic amines) is 1. The zero-order valence-corrected chi connectivity index (χ0v) is 81.9. The van der Waals surface area contributed by atoms with Crippen LogP contribution in [0.25, 0.3) is 139 Å². The van der Waals surface area contributed by atoms with E-state index in [-0.39, 0.29) is 52.8 Å². The molecule has 6 N–H and O–H groups in total. The number of ketones is 5. The van der Waals surface area contributed by atoms with E-state index in [2.05, 4.69) is 116 Å². The van der Waals surface area contributed by atoms with E-state index in [9.17, 15) is 34.2 Å². The molecule has 6 aromatic heterocycles. The van der Waals surface area contributed by atoms with Crippen molar-refractivity contribution < 1.29 is 34.2 Å². The quantitative estimate of drug-likeness (QED) is 0.0489. The number of aromatic nitrogens is 14. The standard InChI is InChI=1S/2C39H29N7O2.C23H19N3O2.C22H14N2O/c1-21-15-16-22(2)31(19-21)41-38-42-37(43-39(48)44-38)25-17-18-29(23(3)20-25)40-30-14-8-12-27-33(30)36(47)28-13-7-11-26-32(28)35(27)46-45-34(26)24-9-5-4-6-10-24;1-21-13-14-22(2)31(19-21)41-38-42-37(43-39(48)44-38)25-15-17-29(23(3)20-25)40-30-18-16-28-32-33(30)36(47)27-12-8-7-11-26(27)35(32)46-45-34(28)24-9-5-4-6-10-24;27-19-14-18(26-12-5-2-6-13-26)22-20-16(19)10-7-11-17(20)21(24-25-22)23(28)15-8-3-1-4-9-15;1-13-9-11-14(12-10-13)20-17-7-4-8-18-19(17)21(24-23-20)15-5-2-3-6-16(15)22(18)25/h2*4-20,40H,1-3H3,(H2,41,42,43,44,48);1,3-4,7-11,14H,2,5-6,12-13H2;2-12H,1H3. The second-order valence-electron chi connectivity index (χ2n) is 37.5. The molecule has 26 heteroatoms. The molecular formula is C123H91N19O7.